The monoisotopic (exact) mass is 485 g/mol. The van der Waals surface area contributed by atoms with Gasteiger partial charge in [0.2, 0.25) is 0 Å². The molecule has 0 spiro atoms. The molecular formula is C21H24Bi. The van der Waals surface area contributed by atoms with Crippen LogP contribution in [0.4, 0.5) is 0 Å². The van der Waals surface area contributed by atoms with Crippen LogP contribution in [-0.2, 0) is 0 Å². The van der Waals surface area contributed by atoms with E-state index in [2.05, 4.69) is 56.2 Å². The molecule has 0 nitrogen and oxygen atoms in total. The van der Waals surface area contributed by atoms with Crippen molar-refractivity contribution in [2.24, 2.45) is 0 Å². The first-order valence-electron chi connectivity index (χ1n) is 7.38. The van der Waals surface area contributed by atoms with E-state index in [9.17, 15) is 0 Å². The Labute approximate surface area is 154 Å². The van der Waals surface area contributed by atoms with E-state index in [0.717, 1.165) is 19.3 Å². The van der Waals surface area contributed by atoms with Gasteiger partial charge in [-0.25, -0.2) is 0 Å². The maximum Gasteiger partial charge on any atom is 0 e. The van der Waals surface area contributed by atoms with Gasteiger partial charge in [-0.3, -0.25) is 0 Å². The zero-order valence-corrected chi connectivity index (χ0v) is 17.2. The predicted octanol–water partition coefficient (Wildman–Crippen LogP) is 5.76. The maximum atomic E-state index is 2.99. The smallest absolute Gasteiger partial charge is 0 e. The van der Waals surface area contributed by atoms with Gasteiger partial charge in [-0.15, -0.1) is 17.2 Å². The van der Waals surface area contributed by atoms with Crippen LogP contribution in [0.25, 0.3) is 0 Å². The van der Waals surface area contributed by atoms with Gasteiger partial charge in [0, 0.05) is 26.2 Å². The Bertz CT molecular complexity index is 526. The summed E-state index contributed by atoms with van der Waals surface area (Å²) in [5.74, 6) is 0. The quantitative estimate of drug-likeness (QED) is 0.302. The number of rotatable bonds is 0. The second-order valence-corrected chi connectivity index (χ2v) is 5.26. The molecule has 1 heteroatoms. The van der Waals surface area contributed by atoms with Crippen molar-refractivity contribution in [3.63, 3.8) is 0 Å². The van der Waals surface area contributed by atoms with Crippen LogP contribution in [0.5, 0.6) is 0 Å². The van der Waals surface area contributed by atoms with E-state index in [1.807, 2.05) is 36.5 Å². The third-order valence-corrected chi connectivity index (χ3v) is 3.02. The Hall–Kier alpha value is -1.34. The van der Waals surface area contributed by atoms with Crippen LogP contribution in [0, 0.1) is 0 Å². The van der Waals surface area contributed by atoms with Crippen LogP contribution in [0.1, 0.15) is 40.0 Å². The van der Waals surface area contributed by atoms with E-state index < -0.39 is 0 Å². The molecule has 0 aromatic rings. The molecule has 0 bridgehead atoms. The zero-order valence-electron chi connectivity index (χ0n) is 13.8. The zero-order chi connectivity index (χ0) is 15.3. The standard InChI is InChI=1S/3C7H8.Bi/c3*1-7-5-3-2-4-6-7;/h3*3-5H,6H2,1H3;. The summed E-state index contributed by atoms with van der Waals surface area (Å²) in [5.41, 5.74) is 13.2. The molecule has 0 fully saturated rings. The van der Waals surface area contributed by atoms with Crippen molar-refractivity contribution >= 4 is 26.2 Å². The predicted molar refractivity (Wildman–Crippen MR) is 98.8 cm³/mol. The molecule has 3 aliphatic carbocycles. The van der Waals surface area contributed by atoms with Crippen LogP contribution in [0.15, 0.2) is 88.6 Å². The molecule has 0 unspecified atom stereocenters. The Morgan fingerprint density at radius 3 is 0.955 bits per heavy atom. The topological polar surface area (TPSA) is 0 Å². The summed E-state index contributed by atoms with van der Waals surface area (Å²) < 4.78 is 0. The van der Waals surface area contributed by atoms with Crippen molar-refractivity contribution in [1.82, 2.24) is 0 Å². The molecule has 0 aromatic carbocycles. The fourth-order valence-electron chi connectivity index (χ4n) is 1.64. The van der Waals surface area contributed by atoms with Crippen molar-refractivity contribution < 1.29 is 0 Å². The minimum Gasteiger partial charge on any atom is -0.125 e. The molecule has 0 saturated heterocycles. The first-order valence-corrected chi connectivity index (χ1v) is 7.38. The van der Waals surface area contributed by atoms with E-state index in [0.29, 0.717) is 0 Å². The summed E-state index contributed by atoms with van der Waals surface area (Å²) in [4.78, 5) is 0. The van der Waals surface area contributed by atoms with Gasteiger partial charge in [0.05, 0.1) is 0 Å². The van der Waals surface area contributed by atoms with Gasteiger partial charge in [-0.2, -0.15) is 0 Å². The Balaban J connectivity index is 0.000000294. The van der Waals surface area contributed by atoms with Crippen LogP contribution in [0.2, 0.25) is 0 Å². The molecule has 0 amide bonds. The second kappa shape index (κ2) is 13.3. The molecule has 22 heavy (non-hydrogen) atoms. The summed E-state index contributed by atoms with van der Waals surface area (Å²) >= 11 is 0. The van der Waals surface area contributed by atoms with Crippen LogP contribution < -0.4 is 0 Å². The SMILES string of the molecule is CC1=CC=C=CC1.CC1=CC=C=CC1.CC1=CC=C=CC1.[Bi]. The molecule has 0 N–H and O–H groups in total. The van der Waals surface area contributed by atoms with E-state index >= 15 is 0 Å². The molecule has 3 aliphatic rings. The Morgan fingerprint density at radius 1 is 0.591 bits per heavy atom. The van der Waals surface area contributed by atoms with Crippen LogP contribution in [-0.4, -0.2) is 26.2 Å². The molecule has 3 radical (unpaired) electrons. The van der Waals surface area contributed by atoms with Gasteiger partial charge in [0.1, 0.15) is 0 Å². The van der Waals surface area contributed by atoms with E-state index in [1.54, 1.807) is 0 Å². The van der Waals surface area contributed by atoms with E-state index in [-0.39, 0.29) is 26.2 Å². The first kappa shape index (κ1) is 20.7. The molecule has 0 atom stereocenters. The van der Waals surface area contributed by atoms with Crippen molar-refractivity contribution in [2.75, 3.05) is 0 Å². The molecule has 0 heterocycles. The largest absolute Gasteiger partial charge is 0.125 e. The summed E-state index contributed by atoms with van der Waals surface area (Å²) in [6.45, 7) is 6.36. The average molecular weight is 485 g/mol. The van der Waals surface area contributed by atoms with Crippen molar-refractivity contribution in [2.45, 2.75) is 40.0 Å². The average Bonchev–Trinajstić information content (AvgIpc) is 2.51. The van der Waals surface area contributed by atoms with Gasteiger partial charge in [0.15, 0.2) is 0 Å². The van der Waals surface area contributed by atoms with Crippen LogP contribution >= 0.6 is 0 Å². The fraction of sp³-hybridized carbons (Fsp3) is 0.286. The number of hydrogen-bond donors (Lipinski definition) is 0. The van der Waals surface area contributed by atoms with Gasteiger partial charge < -0.3 is 0 Å². The van der Waals surface area contributed by atoms with Crippen molar-refractivity contribution in [3.8, 4) is 0 Å². The van der Waals surface area contributed by atoms with Gasteiger partial charge >= 0.3 is 0 Å². The molecule has 0 saturated carbocycles. The van der Waals surface area contributed by atoms with Crippen molar-refractivity contribution in [3.05, 3.63) is 88.6 Å². The number of hydrogen-bond acceptors (Lipinski definition) is 0. The molecular weight excluding hydrogens is 461 g/mol. The number of allylic oxidation sites excluding steroid dienone is 9. The molecule has 3 rings (SSSR count). The summed E-state index contributed by atoms with van der Waals surface area (Å²) in [7, 11) is 0. The Kier molecular flexibility index (Phi) is 12.5. The van der Waals surface area contributed by atoms with Crippen LogP contribution in [0.3, 0.4) is 0 Å². The minimum atomic E-state index is 0. The summed E-state index contributed by atoms with van der Waals surface area (Å²) in [5, 5.41) is 0. The minimum absolute atomic E-state index is 0. The van der Waals surface area contributed by atoms with Gasteiger partial charge in [-0.1, -0.05) is 34.9 Å². The van der Waals surface area contributed by atoms with E-state index in [4.69, 9.17) is 0 Å². The Morgan fingerprint density at radius 2 is 0.864 bits per heavy atom. The summed E-state index contributed by atoms with van der Waals surface area (Å²) in [6.07, 6.45) is 21.4. The third kappa shape index (κ3) is 11.3. The van der Waals surface area contributed by atoms with Crippen molar-refractivity contribution in [1.29, 1.82) is 0 Å². The maximum absolute atomic E-state index is 2.99. The van der Waals surface area contributed by atoms with Gasteiger partial charge in [-0.05, 0) is 76.5 Å². The van der Waals surface area contributed by atoms with Gasteiger partial charge in [0.25, 0.3) is 0 Å². The fourth-order valence-corrected chi connectivity index (χ4v) is 1.64. The molecule has 0 aromatic heterocycles. The molecule has 0 aliphatic heterocycles. The first-order chi connectivity index (χ1) is 10.2. The third-order valence-electron chi connectivity index (χ3n) is 3.02. The second-order valence-electron chi connectivity index (χ2n) is 5.26. The molecule has 113 valence electrons. The van der Waals surface area contributed by atoms with E-state index in [1.165, 1.54) is 16.7 Å². The normalized spacial score (nSPS) is 16.2. The summed E-state index contributed by atoms with van der Waals surface area (Å²) in [6, 6.07) is 0.